The quantitative estimate of drug-likeness (QED) is 0.0566. The van der Waals surface area contributed by atoms with E-state index in [1.54, 1.807) is 0 Å². The first-order valence-electron chi connectivity index (χ1n) is 16.8. The number of rotatable bonds is 28. The zero-order valence-corrected chi connectivity index (χ0v) is 26.6. The maximum atomic E-state index is 11.1. The van der Waals surface area contributed by atoms with Gasteiger partial charge in [0.05, 0.1) is 13.3 Å². The van der Waals surface area contributed by atoms with Crippen LogP contribution in [-0.4, -0.2) is 57.2 Å². The van der Waals surface area contributed by atoms with Crippen LogP contribution in [0.3, 0.4) is 0 Å². The number of methoxy groups -OCH3 is 1. The van der Waals surface area contributed by atoms with Crippen molar-refractivity contribution in [1.82, 2.24) is 9.80 Å². The van der Waals surface area contributed by atoms with E-state index in [9.17, 15) is 4.79 Å². The van der Waals surface area contributed by atoms with Gasteiger partial charge in [0.15, 0.2) is 0 Å². The summed E-state index contributed by atoms with van der Waals surface area (Å²) in [7, 11) is 10.3. The van der Waals surface area contributed by atoms with Crippen LogP contribution in [0.4, 0.5) is 0 Å². The summed E-state index contributed by atoms with van der Waals surface area (Å²) in [6.07, 6.45) is 34.9. The molecule has 2 atom stereocenters. The predicted molar refractivity (Wildman–Crippen MR) is 166 cm³/mol. The molecule has 38 heavy (non-hydrogen) atoms. The van der Waals surface area contributed by atoms with Gasteiger partial charge < -0.3 is 4.74 Å². The zero-order valence-electron chi connectivity index (χ0n) is 26.6. The third kappa shape index (κ3) is 20.3. The Morgan fingerprint density at radius 1 is 0.579 bits per heavy atom. The highest BCUT2D eigenvalue weighted by Gasteiger charge is 2.34. The lowest BCUT2D eigenvalue weighted by Crippen LogP contribution is -2.40. The van der Waals surface area contributed by atoms with Crippen LogP contribution < -0.4 is 0 Å². The Labute approximate surface area is 239 Å². The molecule has 0 aromatic carbocycles. The molecule has 4 nitrogen and oxygen atoms in total. The second-order valence-corrected chi connectivity index (χ2v) is 12.9. The second kappa shape index (κ2) is 24.2. The van der Waals surface area contributed by atoms with Gasteiger partial charge in [-0.15, -0.1) is 0 Å². The molecule has 0 N–H and O–H groups in total. The molecule has 0 aliphatic heterocycles. The third-order valence-corrected chi connectivity index (χ3v) is 8.98. The topological polar surface area (TPSA) is 32.8 Å². The Hall–Kier alpha value is -0.610. The Morgan fingerprint density at radius 2 is 0.921 bits per heavy atom. The van der Waals surface area contributed by atoms with Gasteiger partial charge in [-0.1, -0.05) is 135 Å². The number of esters is 1. The lowest BCUT2D eigenvalue weighted by molar-refractivity contribution is -0.140. The molecule has 0 radical (unpaired) electrons. The minimum absolute atomic E-state index is 0.0571. The number of ether oxygens (including phenoxy) is 1. The van der Waals surface area contributed by atoms with E-state index in [-0.39, 0.29) is 5.97 Å². The number of carbonyl (C=O) groups excluding carboxylic acids is 1. The average molecular weight is 537 g/mol. The fourth-order valence-corrected chi connectivity index (χ4v) is 6.34. The van der Waals surface area contributed by atoms with E-state index in [1.807, 2.05) is 0 Å². The Morgan fingerprint density at radius 3 is 1.29 bits per heavy atom. The van der Waals surface area contributed by atoms with E-state index in [0.717, 1.165) is 18.3 Å². The molecule has 2 unspecified atom stereocenters. The maximum Gasteiger partial charge on any atom is 0.305 e. The Balaban J connectivity index is 1.72. The number of hydrogen-bond donors (Lipinski definition) is 0. The Bertz CT molecular complexity index is 529. The van der Waals surface area contributed by atoms with Crippen LogP contribution >= 0.6 is 0 Å². The molecular formula is C34H68N2O2. The van der Waals surface area contributed by atoms with E-state index < -0.39 is 0 Å². The van der Waals surface area contributed by atoms with E-state index >= 15 is 0 Å². The number of hydrogen-bond acceptors (Lipinski definition) is 4. The molecule has 0 spiro atoms. The molecule has 226 valence electrons. The van der Waals surface area contributed by atoms with Gasteiger partial charge in [0.25, 0.3) is 0 Å². The predicted octanol–water partition coefficient (Wildman–Crippen LogP) is 9.61. The largest absolute Gasteiger partial charge is 0.469 e. The molecule has 0 aromatic rings. The molecule has 0 heterocycles. The minimum atomic E-state index is -0.0571. The van der Waals surface area contributed by atoms with Crippen molar-refractivity contribution in [3.05, 3.63) is 0 Å². The highest BCUT2D eigenvalue weighted by atomic mass is 16.5. The summed E-state index contributed by atoms with van der Waals surface area (Å²) in [6, 6.07) is 0. The monoisotopic (exact) mass is 537 g/mol. The van der Waals surface area contributed by atoms with Gasteiger partial charge in [0.2, 0.25) is 0 Å². The summed E-state index contributed by atoms with van der Waals surface area (Å²) in [4.78, 5) is 15.8. The van der Waals surface area contributed by atoms with Crippen LogP contribution in [0.25, 0.3) is 0 Å². The Kier molecular flexibility index (Phi) is 22.6. The van der Waals surface area contributed by atoms with Gasteiger partial charge in [-0.2, -0.15) is 0 Å². The highest BCUT2D eigenvalue weighted by Crippen LogP contribution is 2.45. The molecule has 0 bridgehead atoms. The first-order chi connectivity index (χ1) is 18.5. The minimum Gasteiger partial charge on any atom is -0.469 e. The zero-order chi connectivity index (χ0) is 27.8. The molecule has 0 saturated heterocycles. The number of nitrogens with zero attached hydrogens (tertiary/aromatic N) is 2. The highest BCUT2D eigenvalue weighted by molar-refractivity contribution is 5.68. The van der Waals surface area contributed by atoms with Crippen LogP contribution in [0.2, 0.25) is 0 Å². The molecule has 1 aliphatic rings. The summed E-state index contributed by atoms with van der Waals surface area (Å²) in [5, 5.41) is 0. The summed E-state index contributed by atoms with van der Waals surface area (Å²) < 4.78 is 4.70. The van der Waals surface area contributed by atoms with Crippen LogP contribution in [0.1, 0.15) is 161 Å². The third-order valence-electron chi connectivity index (χ3n) is 8.98. The molecule has 4 heteroatoms. The van der Waals surface area contributed by atoms with E-state index in [4.69, 9.17) is 4.74 Å². The van der Waals surface area contributed by atoms with Gasteiger partial charge >= 0.3 is 5.97 Å². The standard InChI is InChI=1S/C34H68N2O2/c1-35(2)33(36(3)4)28-24-20-16-14-12-10-8-6-7-9-11-13-15-18-22-26-31-30-32(31)27-23-19-17-21-25-29-34(37)38-5/h31-33H,6-30H2,1-5H3. The van der Waals surface area contributed by atoms with E-state index in [0.29, 0.717) is 12.6 Å². The van der Waals surface area contributed by atoms with Gasteiger partial charge in [-0.3, -0.25) is 14.6 Å². The fourth-order valence-electron chi connectivity index (χ4n) is 6.34. The molecule has 1 saturated carbocycles. The summed E-state index contributed by atoms with van der Waals surface area (Å²) in [6.45, 7) is 0. The van der Waals surface area contributed by atoms with E-state index in [1.165, 1.54) is 155 Å². The van der Waals surface area contributed by atoms with Gasteiger partial charge in [-0.05, 0) is 59.3 Å². The van der Waals surface area contributed by atoms with Crippen molar-refractivity contribution in [2.24, 2.45) is 11.8 Å². The van der Waals surface area contributed by atoms with Gasteiger partial charge in [0.1, 0.15) is 0 Å². The van der Waals surface area contributed by atoms with Crippen molar-refractivity contribution in [2.45, 2.75) is 167 Å². The number of unbranched alkanes of at least 4 members (excludes halogenated alkanes) is 18. The van der Waals surface area contributed by atoms with E-state index in [2.05, 4.69) is 38.0 Å². The smallest absolute Gasteiger partial charge is 0.305 e. The van der Waals surface area contributed by atoms with Gasteiger partial charge in [0, 0.05) is 6.42 Å². The summed E-state index contributed by atoms with van der Waals surface area (Å²) in [5.41, 5.74) is 0. The average Bonchev–Trinajstić information content (AvgIpc) is 3.64. The van der Waals surface area contributed by atoms with Crippen LogP contribution in [0.5, 0.6) is 0 Å². The van der Waals surface area contributed by atoms with Crippen molar-refractivity contribution in [3.8, 4) is 0 Å². The van der Waals surface area contributed by atoms with Gasteiger partial charge in [-0.25, -0.2) is 0 Å². The lowest BCUT2D eigenvalue weighted by Gasteiger charge is -2.30. The molecule has 1 aliphatic carbocycles. The first-order valence-corrected chi connectivity index (χ1v) is 16.8. The normalized spacial score (nSPS) is 17.2. The van der Waals surface area contributed by atoms with Crippen molar-refractivity contribution in [2.75, 3.05) is 35.3 Å². The lowest BCUT2D eigenvalue weighted by atomic mass is 10.0. The summed E-state index contributed by atoms with van der Waals surface area (Å²) in [5.74, 6) is 2.06. The maximum absolute atomic E-state index is 11.1. The molecule has 0 aromatic heterocycles. The van der Waals surface area contributed by atoms with Crippen molar-refractivity contribution >= 4 is 5.97 Å². The first kappa shape index (κ1) is 35.4. The SMILES string of the molecule is COC(=O)CCCCCCCC1CC1CCCCCCCCCCCCCCCCCC(N(C)C)N(C)C. The second-order valence-electron chi connectivity index (χ2n) is 12.9. The van der Waals surface area contributed by atoms with Crippen LogP contribution in [0, 0.1) is 11.8 Å². The molecule has 1 rings (SSSR count). The van der Waals surface area contributed by atoms with Crippen molar-refractivity contribution in [3.63, 3.8) is 0 Å². The number of carbonyl (C=O) groups is 1. The molecule has 0 amide bonds. The molecule has 1 fully saturated rings. The van der Waals surface area contributed by atoms with Crippen molar-refractivity contribution < 1.29 is 9.53 Å². The van der Waals surface area contributed by atoms with Crippen molar-refractivity contribution in [1.29, 1.82) is 0 Å². The van der Waals surface area contributed by atoms with Crippen LogP contribution in [0.15, 0.2) is 0 Å². The fraction of sp³-hybridized carbons (Fsp3) is 0.971. The summed E-state index contributed by atoms with van der Waals surface area (Å²) >= 11 is 0. The molecular weight excluding hydrogens is 468 g/mol. The van der Waals surface area contributed by atoms with Crippen LogP contribution in [-0.2, 0) is 9.53 Å².